The smallest absolute Gasteiger partial charge is 0.0886 e. The van der Waals surface area contributed by atoms with Gasteiger partial charge in [0.2, 0.25) is 0 Å². The fourth-order valence-corrected chi connectivity index (χ4v) is 2.02. The van der Waals surface area contributed by atoms with Gasteiger partial charge in [-0.2, -0.15) is 0 Å². The van der Waals surface area contributed by atoms with E-state index in [1.54, 1.807) is 6.21 Å². The molecule has 0 heterocycles. The largest absolute Gasteiger partial charge is 0.513 e. The van der Waals surface area contributed by atoms with Gasteiger partial charge in [0.25, 0.3) is 0 Å². The Balaban J connectivity index is 2.53. The lowest BCUT2D eigenvalue weighted by Crippen LogP contribution is -2.20. The highest BCUT2D eigenvalue weighted by Crippen LogP contribution is 2.31. The standard InChI is InChI=1S/C11H19NO2/c1-2-3-4-9-7-11(13)6-5-10(9)8-12-14/h6,8-10,13-14H,2-5,7H2,1H3. The first-order chi connectivity index (χ1) is 6.77. The Kier molecular flexibility index (Phi) is 4.50. The highest BCUT2D eigenvalue weighted by atomic mass is 16.4. The molecule has 0 bridgehead atoms. The summed E-state index contributed by atoms with van der Waals surface area (Å²) in [7, 11) is 0. The van der Waals surface area contributed by atoms with Crippen LogP contribution >= 0.6 is 0 Å². The van der Waals surface area contributed by atoms with Crippen molar-refractivity contribution < 1.29 is 10.3 Å². The average Bonchev–Trinajstić information content (AvgIpc) is 2.18. The van der Waals surface area contributed by atoms with Crippen LogP contribution < -0.4 is 0 Å². The molecular formula is C11H19NO2. The SMILES string of the molecule is CCCCC1CC(O)=CCC1C=NO. The predicted molar refractivity (Wildman–Crippen MR) is 56.7 cm³/mol. The van der Waals surface area contributed by atoms with E-state index < -0.39 is 0 Å². The number of oxime groups is 1. The number of nitrogens with zero attached hydrogens (tertiary/aromatic N) is 1. The van der Waals surface area contributed by atoms with Crippen LogP contribution in [0, 0.1) is 11.8 Å². The minimum Gasteiger partial charge on any atom is -0.513 e. The van der Waals surface area contributed by atoms with Crippen molar-refractivity contribution in [3.8, 4) is 0 Å². The van der Waals surface area contributed by atoms with Gasteiger partial charge in [-0.1, -0.05) is 19.8 Å². The summed E-state index contributed by atoms with van der Waals surface area (Å²) in [6, 6.07) is 0. The minimum atomic E-state index is 0.294. The number of aliphatic hydroxyl groups is 1. The highest BCUT2D eigenvalue weighted by molar-refractivity contribution is 5.61. The van der Waals surface area contributed by atoms with E-state index in [0.717, 1.165) is 19.3 Å². The molecule has 0 fully saturated rings. The zero-order valence-electron chi connectivity index (χ0n) is 8.69. The number of allylic oxidation sites excluding steroid dienone is 2. The van der Waals surface area contributed by atoms with E-state index in [4.69, 9.17) is 5.21 Å². The van der Waals surface area contributed by atoms with E-state index in [2.05, 4.69) is 12.1 Å². The van der Waals surface area contributed by atoms with Crippen LogP contribution in [-0.2, 0) is 0 Å². The molecule has 14 heavy (non-hydrogen) atoms. The quantitative estimate of drug-likeness (QED) is 0.413. The van der Waals surface area contributed by atoms with Gasteiger partial charge in [0.15, 0.2) is 0 Å². The molecule has 2 atom stereocenters. The Morgan fingerprint density at radius 1 is 1.64 bits per heavy atom. The third kappa shape index (κ3) is 3.05. The van der Waals surface area contributed by atoms with Crippen molar-refractivity contribution in [3.05, 3.63) is 11.8 Å². The van der Waals surface area contributed by atoms with Gasteiger partial charge in [0.05, 0.1) is 5.76 Å². The number of unbranched alkanes of at least 4 members (excludes halogenated alkanes) is 1. The summed E-state index contributed by atoms with van der Waals surface area (Å²) in [4.78, 5) is 0. The summed E-state index contributed by atoms with van der Waals surface area (Å²) in [5.74, 6) is 1.23. The Morgan fingerprint density at radius 2 is 2.43 bits per heavy atom. The monoisotopic (exact) mass is 197 g/mol. The third-order valence-corrected chi connectivity index (χ3v) is 2.89. The molecule has 0 radical (unpaired) electrons. The molecule has 0 aromatic rings. The second-order valence-corrected chi connectivity index (χ2v) is 3.97. The zero-order valence-corrected chi connectivity index (χ0v) is 8.69. The molecular weight excluding hydrogens is 178 g/mol. The first-order valence-electron chi connectivity index (χ1n) is 5.33. The molecule has 80 valence electrons. The van der Waals surface area contributed by atoms with Gasteiger partial charge in [0, 0.05) is 18.6 Å². The van der Waals surface area contributed by atoms with Crippen molar-refractivity contribution in [1.82, 2.24) is 0 Å². The van der Waals surface area contributed by atoms with Crippen molar-refractivity contribution in [2.24, 2.45) is 17.0 Å². The van der Waals surface area contributed by atoms with Crippen molar-refractivity contribution in [1.29, 1.82) is 0 Å². The predicted octanol–water partition coefficient (Wildman–Crippen LogP) is 3.10. The second kappa shape index (κ2) is 5.68. The molecule has 2 unspecified atom stereocenters. The molecule has 1 aliphatic carbocycles. The summed E-state index contributed by atoms with van der Waals surface area (Å²) >= 11 is 0. The molecule has 2 N–H and O–H groups in total. The first kappa shape index (κ1) is 11.1. The Hall–Kier alpha value is -0.990. The lowest BCUT2D eigenvalue weighted by atomic mass is 9.80. The molecule has 3 heteroatoms. The van der Waals surface area contributed by atoms with E-state index in [-0.39, 0.29) is 0 Å². The van der Waals surface area contributed by atoms with Gasteiger partial charge in [-0.05, 0) is 24.8 Å². The van der Waals surface area contributed by atoms with E-state index in [1.165, 1.54) is 12.8 Å². The lowest BCUT2D eigenvalue weighted by molar-refractivity contribution is 0.272. The number of aliphatic hydroxyl groups excluding tert-OH is 1. The third-order valence-electron chi connectivity index (χ3n) is 2.89. The number of hydrogen-bond acceptors (Lipinski definition) is 3. The summed E-state index contributed by atoms with van der Waals surface area (Å²) in [5.41, 5.74) is 0. The van der Waals surface area contributed by atoms with Gasteiger partial charge in [-0.25, -0.2) is 0 Å². The Bertz CT molecular complexity index is 223. The maximum atomic E-state index is 9.42. The molecule has 0 aromatic carbocycles. The molecule has 0 saturated carbocycles. The van der Waals surface area contributed by atoms with Crippen molar-refractivity contribution in [3.63, 3.8) is 0 Å². The fourth-order valence-electron chi connectivity index (χ4n) is 2.02. The van der Waals surface area contributed by atoms with Crippen LogP contribution in [0.2, 0.25) is 0 Å². The summed E-state index contributed by atoms with van der Waals surface area (Å²) < 4.78 is 0. The summed E-state index contributed by atoms with van der Waals surface area (Å²) in [6.45, 7) is 2.16. The summed E-state index contributed by atoms with van der Waals surface area (Å²) in [5, 5.41) is 21.0. The topological polar surface area (TPSA) is 52.8 Å². The molecule has 3 nitrogen and oxygen atoms in total. The van der Waals surface area contributed by atoms with Crippen LogP contribution in [0.25, 0.3) is 0 Å². The van der Waals surface area contributed by atoms with Crippen molar-refractivity contribution in [2.75, 3.05) is 0 Å². The Labute approximate surface area is 85.1 Å². The van der Waals surface area contributed by atoms with Gasteiger partial charge < -0.3 is 10.3 Å². The molecule has 0 aliphatic heterocycles. The Morgan fingerprint density at radius 3 is 3.07 bits per heavy atom. The molecule has 0 amide bonds. The summed E-state index contributed by atoms with van der Waals surface area (Å²) in [6.07, 6.45) is 8.40. The van der Waals surface area contributed by atoms with Crippen molar-refractivity contribution in [2.45, 2.75) is 39.0 Å². The fraction of sp³-hybridized carbons (Fsp3) is 0.727. The van der Waals surface area contributed by atoms with Crippen LogP contribution in [-0.4, -0.2) is 16.5 Å². The van der Waals surface area contributed by atoms with Gasteiger partial charge in [-0.3, -0.25) is 0 Å². The normalized spacial score (nSPS) is 27.9. The van der Waals surface area contributed by atoms with E-state index >= 15 is 0 Å². The van der Waals surface area contributed by atoms with Crippen LogP contribution in [0.1, 0.15) is 39.0 Å². The van der Waals surface area contributed by atoms with E-state index in [0.29, 0.717) is 17.6 Å². The van der Waals surface area contributed by atoms with Crippen LogP contribution in [0.3, 0.4) is 0 Å². The van der Waals surface area contributed by atoms with Crippen LogP contribution in [0.5, 0.6) is 0 Å². The molecule has 1 aliphatic rings. The zero-order chi connectivity index (χ0) is 10.4. The molecule has 0 aromatic heterocycles. The minimum absolute atomic E-state index is 0.294. The number of hydrogen-bond donors (Lipinski definition) is 2. The van der Waals surface area contributed by atoms with Crippen LogP contribution in [0.15, 0.2) is 17.0 Å². The second-order valence-electron chi connectivity index (χ2n) is 3.97. The maximum Gasteiger partial charge on any atom is 0.0886 e. The lowest BCUT2D eigenvalue weighted by Gasteiger charge is -2.26. The molecule has 0 spiro atoms. The van der Waals surface area contributed by atoms with E-state index in [1.807, 2.05) is 6.08 Å². The number of rotatable bonds is 4. The maximum absolute atomic E-state index is 9.42. The highest BCUT2D eigenvalue weighted by Gasteiger charge is 2.24. The van der Waals surface area contributed by atoms with Crippen LogP contribution in [0.4, 0.5) is 0 Å². The molecule has 1 rings (SSSR count). The van der Waals surface area contributed by atoms with Gasteiger partial charge in [-0.15, -0.1) is 5.16 Å². The first-order valence-corrected chi connectivity index (χ1v) is 5.33. The molecule has 0 saturated heterocycles. The average molecular weight is 197 g/mol. The van der Waals surface area contributed by atoms with E-state index in [9.17, 15) is 5.11 Å². The van der Waals surface area contributed by atoms with Crippen molar-refractivity contribution >= 4 is 6.21 Å². The van der Waals surface area contributed by atoms with Gasteiger partial charge >= 0.3 is 0 Å². The van der Waals surface area contributed by atoms with Gasteiger partial charge in [0.1, 0.15) is 0 Å².